The van der Waals surface area contributed by atoms with Crippen molar-refractivity contribution in [2.75, 3.05) is 0 Å². The second-order valence-corrected chi connectivity index (χ2v) is 7.51. The van der Waals surface area contributed by atoms with E-state index in [2.05, 4.69) is 48.5 Å². The maximum absolute atomic E-state index is 2.49. The summed E-state index contributed by atoms with van der Waals surface area (Å²) in [6, 6.07) is 0. The van der Waals surface area contributed by atoms with Crippen LogP contribution >= 0.6 is 0 Å². The van der Waals surface area contributed by atoms with Gasteiger partial charge in [0.2, 0.25) is 0 Å². The van der Waals surface area contributed by atoms with Gasteiger partial charge in [0.05, 0.1) is 0 Å². The fourth-order valence-corrected chi connectivity index (χ4v) is 3.41. The van der Waals surface area contributed by atoms with E-state index in [4.69, 9.17) is 0 Å². The second kappa shape index (κ2) is 7.49. The summed E-state index contributed by atoms with van der Waals surface area (Å²) in [6.07, 6.45) is 9.66. The molecule has 0 aliphatic heterocycles. The molecule has 0 atom stereocenters. The molecule has 0 nitrogen and oxygen atoms in total. The summed E-state index contributed by atoms with van der Waals surface area (Å²) in [5.41, 5.74) is 0. The number of unbranched alkanes of at least 4 members (excludes halogenated alkanes) is 3. The van der Waals surface area contributed by atoms with E-state index in [1.807, 2.05) is 0 Å². The smallest absolute Gasteiger partial charge is 0.0733 e. The zero-order valence-electron chi connectivity index (χ0n) is 13.5. The van der Waals surface area contributed by atoms with Gasteiger partial charge in [0.25, 0.3) is 0 Å². The van der Waals surface area contributed by atoms with Gasteiger partial charge < -0.3 is 0 Å². The highest BCUT2D eigenvalue weighted by Crippen LogP contribution is 2.48. The van der Waals surface area contributed by atoms with Crippen LogP contribution in [0.5, 0.6) is 0 Å². The molecule has 0 saturated heterocycles. The highest BCUT2D eigenvalue weighted by molar-refractivity contribution is 6.65. The van der Waals surface area contributed by atoms with Crippen LogP contribution in [0.15, 0.2) is 0 Å². The van der Waals surface area contributed by atoms with E-state index in [0.29, 0.717) is 10.6 Å². The molecule has 0 saturated carbocycles. The van der Waals surface area contributed by atoms with Gasteiger partial charge in [-0.3, -0.25) is 0 Å². The summed E-state index contributed by atoms with van der Waals surface area (Å²) in [5.74, 6) is 0. The van der Waals surface area contributed by atoms with Gasteiger partial charge in [-0.25, -0.2) is 0 Å². The summed E-state index contributed by atoms with van der Waals surface area (Å²) >= 11 is 0. The fraction of sp³-hybridized carbons (Fsp3) is 1.00. The highest BCUT2D eigenvalue weighted by Gasteiger charge is 2.39. The summed E-state index contributed by atoms with van der Waals surface area (Å²) < 4.78 is 0. The molecule has 0 aromatic heterocycles. The lowest BCUT2D eigenvalue weighted by molar-refractivity contribution is 0.514. The van der Waals surface area contributed by atoms with Gasteiger partial charge in [-0.2, -0.15) is 0 Å². The number of hydrogen-bond donors (Lipinski definition) is 0. The average Bonchev–Trinajstić information content (AvgIpc) is 2.16. The van der Waals surface area contributed by atoms with Crippen molar-refractivity contribution in [1.29, 1.82) is 0 Å². The van der Waals surface area contributed by atoms with Crippen LogP contribution in [-0.4, -0.2) is 6.71 Å². The van der Waals surface area contributed by atoms with Crippen LogP contribution < -0.4 is 0 Å². The maximum atomic E-state index is 2.49. The van der Waals surface area contributed by atoms with E-state index in [-0.39, 0.29) is 0 Å². The van der Waals surface area contributed by atoms with Gasteiger partial charge >= 0.3 is 0 Å². The fourth-order valence-electron chi connectivity index (χ4n) is 3.41. The molecule has 0 aliphatic carbocycles. The predicted molar refractivity (Wildman–Crippen MR) is 83.4 cm³/mol. The van der Waals surface area contributed by atoms with Crippen molar-refractivity contribution in [3.05, 3.63) is 0 Å². The van der Waals surface area contributed by atoms with E-state index in [1.54, 1.807) is 0 Å². The van der Waals surface area contributed by atoms with E-state index < -0.39 is 0 Å². The van der Waals surface area contributed by atoms with Crippen molar-refractivity contribution in [2.45, 2.75) is 104 Å². The van der Waals surface area contributed by atoms with Gasteiger partial charge in [-0.15, -0.1) is 0 Å². The standard InChI is InChI=1S/C16H35B/c1-8-10-12-13-16(6,7)17(14-11-9-2)15(3,4)5/h8-14H2,1-7H3. The summed E-state index contributed by atoms with van der Waals surface area (Å²) in [7, 11) is 0. The molecule has 0 rings (SSSR count). The summed E-state index contributed by atoms with van der Waals surface area (Å²) in [4.78, 5) is 0. The monoisotopic (exact) mass is 238 g/mol. The Morgan fingerprint density at radius 2 is 1.29 bits per heavy atom. The largest absolute Gasteiger partial charge is 0.151 e. The minimum absolute atomic E-state index is 0.449. The van der Waals surface area contributed by atoms with Crippen LogP contribution in [0.2, 0.25) is 16.9 Å². The zero-order chi connectivity index (χ0) is 13.5. The average molecular weight is 238 g/mol. The number of hydrogen-bond acceptors (Lipinski definition) is 0. The third-order valence-electron chi connectivity index (χ3n) is 4.26. The first-order valence-electron chi connectivity index (χ1n) is 7.75. The summed E-state index contributed by atoms with van der Waals surface area (Å²) in [6.45, 7) is 17.7. The van der Waals surface area contributed by atoms with E-state index >= 15 is 0 Å². The molecular weight excluding hydrogens is 203 g/mol. The van der Waals surface area contributed by atoms with E-state index in [1.165, 1.54) is 44.8 Å². The quantitative estimate of drug-likeness (QED) is 0.337. The maximum Gasteiger partial charge on any atom is 0.151 e. The zero-order valence-corrected chi connectivity index (χ0v) is 13.5. The first-order valence-corrected chi connectivity index (χ1v) is 7.75. The Morgan fingerprint density at radius 1 is 0.765 bits per heavy atom. The SMILES string of the molecule is CCCCCC(C)(C)B(CCCC)C(C)(C)C. The van der Waals surface area contributed by atoms with Crippen molar-refractivity contribution >= 4 is 6.71 Å². The topological polar surface area (TPSA) is 0 Å². The Bertz CT molecular complexity index is 188. The molecule has 17 heavy (non-hydrogen) atoms. The van der Waals surface area contributed by atoms with Crippen molar-refractivity contribution in [3.8, 4) is 0 Å². The van der Waals surface area contributed by atoms with Crippen LogP contribution in [0.1, 0.15) is 87.0 Å². The van der Waals surface area contributed by atoms with Crippen molar-refractivity contribution in [1.82, 2.24) is 0 Å². The molecule has 0 fully saturated rings. The highest BCUT2D eigenvalue weighted by atomic mass is 14.2. The first kappa shape index (κ1) is 17.1. The van der Waals surface area contributed by atoms with Crippen LogP contribution in [0.4, 0.5) is 0 Å². The van der Waals surface area contributed by atoms with Gasteiger partial charge in [0.15, 0.2) is 6.71 Å². The molecule has 0 aliphatic rings. The third kappa shape index (κ3) is 6.53. The van der Waals surface area contributed by atoms with Crippen molar-refractivity contribution in [2.24, 2.45) is 0 Å². The molecule has 1 heteroatoms. The number of rotatable bonds is 8. The van der Waals surface area contributed by atoms with E-state index in [0.717, 1.165) is 6.71 Å². The minimum atomic E-state index is 0.449. The first-order chi connectivity index (χ1) is 7.75. The Kier molecular flexibility index (Phi) is 7.52. The van der Waals surface area contributed by atoms with Gasteiger partial charge in [-0.1, -0.05) is 104 Å². The lowest BCUT2D eigenvalue weighted by Gasteiger charge is -2.41. The van der Waals surface area contributed by atoms with Crippen LogP contribution in [0, 0.1) is 0 Å². The van der Waals surface area contributed by atoms with Crippen LogP contribution in [-0.2, 0) is 0 Å². The second-order valence-electron chi connectivity index (χ2n) is 7.51. The summed E-state index contributed by atoms with van der Waals surface area (Å²) in [5, 5.41) is 0.952. The molecule has 102 valence electrons. The molecule has 0 aromatic carbocycles. The molecule has 0 heterocycles. The Morgan fingerprint density at radius 3 is 1.71 bits per heavy atom. The third-order valence-corrected chi connectivity index (χ3v) is 4.26. The Hall–Kier alpha value is 0.0649. The molecule has 0 amide bonds. The molecule has 0 N–H and O–H groups in total. The molecule has 0 spiro atoms. The molecule has 0 unspecified atom stereocenters. The molecule has 0 bridgehead atoms. The predicted octanol–water partition coefficient (Wildman–Crippen LogP) is 6.44. The van der Waals surface area contributed by atoms with Crippen LogP contribution in [0.3, 0.4) is 0 Å². The van der Waals surface area contributed by atoms with Crippen LogP contribution in [0.25, 0.3) is 0 Å². The lowest BCUT2D eigenvalue weighted by Crippen LogP contribution is -2.36. The van der Waals surface area contributed by atoms with Crippen molar-refractivity contribution in [3.63, 3.8) is 0 Å². The van der Waals surface area contributed by atoms with Gasteiger partial charge in [-0.05, 0) is 0 Å². The van der Waals surface area contributed by atoms with E-state index in [9.17, 15) is 0 Å². The van der Waals surface area contributed by atoms with Gasteiger partial charge in [0, 0.05) is 0 Å². The molecular formula is C16H35B. The van der Waals surface area contributed by atoms with Gasteiger partial charge in [0.1, 0.15) is 0 Å². The molecule has 0 radical (unpaired) electrons. The lowest BCUT2D eigenvalue weighted by atomic mass is 9.21. The Balaban J connectivity index is 4.53. The normalized spacial score (nSPS) is 12.9. The Labute approximate surface area is 111 Å². The van der Waals surface area contributed by atoms with Crippen molar-refractivity contribution < 1.29 is 0 Å². The molecule has 0 aromatic rings. The minimum Gasteiger partial charge on any atom is -0.0733 e.